The Labute approximate surface area is 118 Å². The zero-order valence-corrected chi connectivity index (χ0v) is 12.1. The number of nitrogens with two attached hydrogens (primary N) is 1. The normalized spacial score (nSPS) is 27.7. The first kappa shape index (κ1) is 13.7. The van der Waals surface area contributed by atoms with Crippen LogP contribution in [-0.2, 0) is 0 Å². The van der Waals surface area contributed by atoms with Gasteiger partial charge < -0.3 is 5.73 Å². The van der Waals surface area contributed by atoms with Crippen LogP contribution in [0.15, 0.2) is 42.0 Å². The highest BCUT2D eigenvalue weighted by atomic mass is 35.5. The van der Waals surface area contributed by atoms with Crippen molar-refractivity contribution in [3.63, 3.8) is 0 Å². The molecule has 0 amide bonds. The van der Waals surface area contributed by atoms with Gasteiger partial charge in [0.2, 0.25) is 0 Å². The second kappa shape index (κ2) is 5.08. The van der Waals surface area contributed by atoms with Crippen molar-refractivity contribution in [3.8, 4) is 0 Å². The van der Waals surface area contributed by atoms with E-state index >= 15 is 0 Å². The molecule has 1 aliphatic carbocycles. The number of hydrogen-bond acceptors (Lipinski definition) is 1. The van der Waals surface area contributed by atoms with Crippen LogP contribution in [0.5, 0.6) is 0 Å². The van der Waals surface area contributed by atoms with E-state index < -0.39 is 4.87 Å². The summed E-state index contributed by atoms with van der Waals surface area (Å²) in [6.07, 6.45) is 4.10. The van der Waals surface area contributed by atoms with Crippen LogP contribution in [-0.4, -0.2) is 11.4 Å². The molecular formula is C15H17Cl2N. The van der Waals surface area contributed by atoms with Gasteiger partial charge in [0.25, 0.3) is 0 Å². The summed E-state index contributed by atoms with van der Waals surface area (Å²) in [4.78, 5) is -0.427. The molecule has 0 fully saturated rings. The van der Waals surface area contributed by atoms with Crippen LogP contribution in [0.4, 0.5) is 0 Å². The van der Waals surface area contributed by atoms with Gasteiger partial charge in [0.05, 0.1) is 4.87 Å². The zero-order valence-electron chi connectivity index (χ0n) is 10.6. The van der Waals surface area contributed by atoms with Crippen molar-refractivity contribution in [1.82, 2.24) is 0 Å². The van der Waals surface area contributed by atoms with E-state index in [2.05, 4.69) is 13.0 Å². The largest absolute Gasteiger partial charge is 0.330 e. The van der Waals surface area contributed by atoms with Crippen LogP contribution in [0.1, 0.15) is 19.4 Å². The van der Waals surface area contributed by atoms with Crippen molar-refractivity contribution in [2.75, 3.05) is 6.54 Å². The second-order valence-corrected chi connectivity index (χ2v) is 6.13. The smallest absolute Gasteiger partial charge is 0.0681 e. The first-order valence-corrected chi connectivity index (χ1v) is 6.76. The number of halogens is 2. The van der Waals surface area contributed by atoms with Gasteiger partial charge in [-0.3, -0.25) is 0 Å². The molecule has 2 N–H and O–H groups in total. The molecule has 2 atom stereocenters. The number of hydrogen-bond donors (Lipinski definition) is 1. The molecule has 0 spiro atoms. The highest BCUT2D eigenvalue weighted by Crippen LogP contribution is 2.42. The molecule has 1 nitrogen and oxygen atoms in total. The Hall–Kier alpha value is -0.760. The lowest BCUT2D eigenvalue weighted by Crippen LogP contribution is -2.35. The van der Waals surface area contributed by atoms with E-state index in [1.165, 1.54) is 11.1 Å². The van der Waals surface area contributed by atoms with Gasteiger partial charge in [-0.25, -0.2) is 0 Å². The number of alkyl halides is 1. The summed E-state index contributed by atoms with van der Waals surface area (Å²) in [7, 11) is 0. The van der Waals surface area contributed by atoms with Gasteiger partial charge in [-0.2, -0.15) is 0 Å². The molecule has 2 rings (SSSR count). The Morgan fingerprint density at radius 3 is 2.44 bits per heavy atom. The Balaban J connectivity index is 2.51. The third kappa shape index (κ3) is 2.49. The van der Waals surface area contributed by atoms with Crippen molar-refractivity contribution < 1.29 is 0 Å². The van der Waals surface area contributed by atoms with Crippen LogP contribution in [0, 0.1) is 5.92 Å². The lowest BCUT2D eigenvalue weighted by atomic mass is 9.77. The molecule has 18 heavy (non-hydrogen) atoms. The van der Waals surface area contributed by atoms with Crippen LogP contribution in [0.25, 0.3) is 5.57 Å². The van der Waals surface area contributed by atoms with E-state index in [1.54, 1.807) is 0 Å². The summed E-state index contributed by atoms with van der Waals surface area (Å²) in [6.45, 7) is 4.62. The van der Waals surface area contributed by atoms with Gasteiger partial charge in [0.15, 0.2) is 0 Å². The van der Waals surface area contributed by atoms with Crippen molar-refractivity contribution in [2.24, 2.45) is 11.7 Å². The van der Waals surface area contributed by atoms with Crippen molar-refractivity contribution in [3.05, 3.63) is 52.6 Å². The van der Waals surface area contributed by atoms with Gasteiger partial charge in [-0.15, -0.1) is 11.6 Å². The van der Waals surface area contributed by atoms with Gasteiger partial charge >= 0.3 is 0 Å². The Kier molecular flexibility index (Phi) is 3.86. The predicted molar refractivity (Wildman–Crippen MR) is 80.0 cm³/mol. The summed E-state index contributed by atoms with van der Waals surface area (Å²) < 4.78 is 0. The van der Waals surface area contributed by atoms with Gasteiger partial charge in [-0.1, -0.05) is 35.9 Å². The molecule has 0 radical (unpaired) electrons. The Morgan fingerprint density at radius 2 is 1.89 bits per heavy atom. The number of benzene rings is 1. The maximum atomic E-state index is 6.55. The summed E-state index contributed by atoms with van der Waals surface area (Å²) in [6, 6.07) is 7.84. The molecule has 2 unspecified atom stereocenters. The molecule has 0 aromatic heterocycles. The van der Waals surface area contributed by atoms with Gasteiger partial charge in [0.1, 0.15) is 0 Å². The molecule has 96 valence electrons. The Bertz CT molecular complexity index is 498. The van der Waals surface area contributed by atoms with Gasteiger partial charge in [-0.05, 0) is 42.7 Å². The standard InChI is InChI=1S/C15H17Cl2N/c1-10-7-8-15(2,17)13(9-18)14(10)11-3-5-12(16)6-4-11/h3-8,13H,9,18H2,1-2H3. The fourth-order valence-electron chi connectivity index (χ4n) is 2.46. The van der Waals surface area contributed by atoms with E-state index in [0.29, 0.717) is 6.54 Å². The van der Waals surface area contributed by atoms with E-state index in [0.717, 1.165) is 10.6 Å². The highest BCUT2D eigenvalue weighted by molar-refractivity contribution is 6.30. The summed E-state index contributed by atoms with van der Waals surface area (Å²) >= 11 is 12.5. The van der Waals surface area contributed by atoms with Crippen molar-refractivity contribution in [2.45, 2.75) is 18.7 Å². The van der Waals surface area contributed by atoms with Gasteiger partial charge in [0, 0.05) is 17.5 Å². The predicted octanol–water partition coefficient (Wildman–Crippen LogP) is 4.26. The minimum Gasteiger partial charge on any atom is -0.330 e. The third-order valence-electron chi connectivity index (χ3n) is 3.50. The van der Waals surface area contributed by atoms with E-state index in [1.807, 2.05) is 37.3 Å². The fraction of sp³-hybridized carbons (Fsp3) is 0.333. The first-order chi connectivity index (χ1) is 8.45. The summed E-state index contributed by atoms with van der Waals surface area (Å²) in [5, 5.41) is 0.737. The molecule has 1 aromatic carbocycles. The maximum absolute atomic E-state index is 6.55. The highest BCUT2D eigenvalue weighted by Gasteiger charge is 2.35. The molecule has 1 aliphatic rings. The third-order valence-corrected chi connectivity index (χ3v) is 4.15. The molecule has 0 saturated carbocycles. The fourth-order valence-corrected chi connectivity index (χ4v) is 2.84. The SMILES string of the molecule is CC1=C(c2ccc(Cl)cc2)C(CN)C(C)(Cl)C=C1. The molecule has 0 bridgehead atoms. The Morgan fingerprint density at radius 1 is 1.28 bits per heavy atom. The second-order valence-electron chi connectivity index (χ2n) is 4.88. The quantitative estimate of drug-likeness (QED) is 0.806. The van der Waals surface area contributed by atoms with E-state index in [-0.39, 0.29) is 5.92 Å². The van der Waals surface area contributed by atoms with E-state index in [4.69, 9.17) is 28.9 Å². The van der Waals surface area contributed by atoms with Crippen molar-refractivity contribution >= 4 is 28.8 Å². The average molecular weight is 282 g/mol. The molecule has 0 aliphatic heterocycles. The first-order valence-electron chi connectivity index (χ1n) is 6.00. The summed E-state index contributed by atoms with van der Waals surface area (Å²) in [5.74, 6) is 0.116. The monoisotopic (exact) mass is 281 g/mol. The lowest BCUT2D eigenvalue weighted by Gasteiger charge is -2.35. The zero-order chi connectivity index (χ0) is 13.3. The molecular weight excluding hydrogens is 265 g/mol. The van der Waals surface area contributed by atoms with E-state index in [9.17, 15) is 0 Å². The molecule has 1 aromatic rings. The maximum Gasteiger partial charge on any atom is 0.0681 e. The van der Waals surface area contributed by atoms with Crippen molar-refractivity contribution in [1.29, 1.82) is 0 Å². The minimum atomic E-state index is -0.427. The molecule has 0 saturated heterocycles. The van der Waals surface area contributed by atoms with Crippen LogP contribution in [0.3, 0.4) is 0 Å². The van der Waals surface area contributed by atoms with Crippen LogP contribution >= 0.6 is 23.2 Å². The molecule has 0 heterocycles. The topological polar surface area (TPSA) is 26.0 Å². The molecule has 3 heteroatoms. The summed E-state index contributed by atoms with van der Waals surface area (Å²) in [5.41, 5.74) is 9.49. The lowest BCUT2D eigenvalue weighted by molar-refractivity contribution is 0.563. The van der Waals surface area contributed by atoms with Crippen LogP contribution < -0.4 is 5.73 Å². The number of allylic oxidation sites excluding steroid dienone is 3. The van der Waals surface area contributed by atoms with Crippen LogP contribution in [0.2, 0.25) is 5.02 Å². The minimum absolute atomic E-state index is 0.116. The number of rotatable bonds is 2. The average Bonchev–Trinajstić information content (AvgIpc) is 2.33.